The van der Waals surface area contributed by atoms with Gasteiger partial charge < -0.3 is 42.6 Å². The number of esters is 2. The summed E-state index contributed by atoms with van der Waals surface area (Å²) in [5.74, 6) is -1.09. The maximum atomic E-state index is 13.1. The third kappa shape index (κ3) is 11.8. The van der Waals surface area contributed by atoms with Crippen molar-refractivity contribution in [3.8, 4) is 0 Å². The lowest BCUT2D eigenvalue weighted by atomic mass is 9.97. The predicted octanol–water partition coefficient (Wildman–Crippen LogP) is 7.49. The minimum Gasteiger partial charge on any atom is -0.459 e. The van der Waals surface area contributed by atoms with Gasteiger partial charge in [-0.25, -0.2) is 9.59 Å². The largest absolute Gasteiger partial charge is 0.459 e. The third-order valence-electron chi connectivity index (χ3n) is 9.88. The molecule has 0 bridgehead atoms. The van der Waals surface area contributed by atoms with Crippen LogP contribution in [0.25, 0.3) is 0 Å². The molecule has 0 spiro atoms. The molecule has 5 aromatic rings. The number of methoxy groups -OCH3 is 1. The summed E-state index contributed by atoms with van der Waals surface area (Å²) in [6.07, 6.45) is -2.98. The molecule has 0 aliphatic carbocycles. The number of carbonyl (C=O) groups is 2. The van der Waals surface area contributed by atoms with Crippen molar-refractivity contribution < 1.29 is 52.2 Å². The second-order valence-electron chi connectivity index (χ2n) is 14.0. The first-order valence-corrected chi connectivity index (χ1v) is 19.6. The second kappa shape index (κ2) is 21.5. The van der Waals surface area contributed by atoms with Crippen LogP contribution in [0.4, 0.5) is 0 Å². The molecule has 2 aliphatic rings. The van der Waals surface area contributed by atoms with E-state index >= 15 is 0 Å². The van der Waals surface area contributed by atoms with Gasteiger partial charge in [-0.15, -0.1) is 0 Å². The van der Waals surface area contributed by atoms with Crippen molar-refractivity contribution in [1.82, 2.24) is 0 Å². The third-order valence-corrected chi connectivity index (χ3v) is 9.88. The van der Waals surface area contributed by atoms with E-state index < -0.39 is 61.1 Å². The van der Waals surface area contributed by atoms with E-state index in [1.165, 1.54) is 0 Å². The van der Waals surface area contributed by atoms with Gasteiger partial charge in [0.05, 0.1) is 37.6 Å². The van der Waals surface area contributed by atoms with Crippen molar-refractivity contribution in [3.05, 3.63) is 192 Å². The van der Waals surface area contributed by atoms with Gasteiger partial charge in [0, 0.05) is 7.11 Å². The minimum absolute atomic E-state index is 0.0179. The van der Waals surface area contributed by atoms with Gasteiger partial charge in [0.2, 0.25) is 0 Å². The molecule has 0 amide bonds. The molecule has 0 radical (unpaired) electrons. The van der Waals surface area contributed by atoms with Crippen molar-refractivity contribution in [2.24, 2.45) is 0 Å². The highest BCUT2D eigenvalue weighted by Crippen LogP contribution is 2.32. The number of carbonyl (C=O) groups excluding carboxylic acids is 2. The van der Waals surface area contributed by atoms with Crippen LogP contribution >= 0.6 is 0 Å². The highest BCUT2D eigenvalue weighted by atomic mass is 16.7. The molecule has 0 aromatic heterocycles. The predicted molar refractivity (Wildman–Crippen MR) is 217 cm³/mol. The zero-order valence-corrected chi connectivity index (χ0v) is 32.7. The molecule has 2 aliphatic heterocycles. The Morgan fingerprint density at radius 2 is 0.966 bits per heavy atom. The molecule has 1 saturated heterocycles. The molecular weight excluding hydrogens is 753 g/mol. The standard InChI is InChI=1S/C48H48O11/c1-51-48-45(55-31-36-21-11-4-12-22-36)44(54-30-35-19-9-3-10-20-35)43(53-29-34-17-7-2-8-18-34)41(59-48)33-52-42-28-27-39(58-47(50)38-25-15-6-16-26-38)40(57-42)32-56-46(49)37-23-13-5-14-24-37/h2-28,39-45,48H,29-33H2,1H3/t39-,40+,41+,42-,43+,44-,45+,48-/m0/s1. The van der Waals surface area contributed by atoms with E-state index in [9.17, 15) is 9.59 Å². The molecule has 5 aromatic carbocycles. The van der Waals surface area contributed by atoms with Gasteiger partial charge in [-0.3, -0.25) is 0 Å². The smallest absolute Gasteiger partial charge is 0.338 e. The number of hydrogen-bond donors (Lipinski definition) is 0. The number of benzene rings is 5. The lowest BCUT2D eigenvalue weighted by Gasteiger charge is -2.45. The summed E-state index contributed by atoms with van der Waals surface area (Å²) < 4.78 is 56.7. The van der Waals surface area contributed by atoms with E-state index in [-0.39, 0.29) is 26.4 Å². The summed E-state index contributed by atoms with van der Waals surface area (Å²) in [5.41, 5.74) is 3.68. The lowest BCUT2D eigenvalue weighted by Crippen LogP contribution is -2.61. The van der Waals surface area contributed by atoms with Crippen molar-refractivity contribution in [2.45, 2.75) is 69.0 Å². The molecule has 0 unspecified atom stereocenters. The van der Waals surface area contributed by atoms with E-state index in [0.717, 1.165) is 16.7 Å². The maximum absolute atomic E-state index is 13.1. The number of rotatable bonds is 18. The molecule has 11 nitrogen and oxygen atoms in total. The highest BCUT2D eigenvalue weighted by Gasteiger charge is 2.49. The molecule has 7 rings (SSSR count). The Labute approximate surface area is 344 Å². The van der Waals surface area contributed by atoms with Crippen LogP contribution in [0.5, 0.6) is 0 Å². The van der Waals surface area contributed by atoms with Gasteiger partial charge in [0.25, 0.3) is 0 Å². The number of ether oxygens (including phenoxy) is 9. The summed E-state index contributed by atoms with van der Waals surface area (Å²) in [5, 5.41) is 0. The van der Waals surface area contributed by atoms with Gasteiger partial charge in [-0.2, -0.15) is 0 Å². The Hall–Kier alpha value is -5.50. The zero-order chi connectivity index (χ0) is 40.7. The zero-order valence-electron chi connectivity index (χ0n) is 32.7. The summed E-state index contributed by atoms with van der Waals surface area (Å²) in [4.78, 5) is 26.0. The topological polar surface area (TPSA) is 117 Å². The average molecular weight is 801 g/mol. The van der Waals surface area contributed by atoms with Crippen molar-refractivity contribution in [2.75, 3.05) is 20.3 Å². The van der Waals surface area contributed by atoms with Gasteiger partial charge >= 0.3 is 11.9 Å². The Balaban J connectivity index is 1.11. The highest BCUT2D eigenvalue weighted by molar-refractivity contribution is 5.90. The van der Waals surface area contributed by atoms with Crippen LogP contribution in [0.3, 0.4) is 0 Å². The SMILES string of the molecule is CO[C@H]1O[C@H](CO[C@@H]2C=C[C@H](OC(=O)c3ccccc3)[C@@H](COC(=O)c3ccccc3)O2)[C@@H](OCc2ccccc2)[C@H](OCc2ccccc2)[C@H]1OCc1ccccc1. The summed E-state index contributed by atoms with van der Waals surface area (Å²) in [6.45, 7) is 0.611. The molecule has 2 heterocycles. The van der Waals surface area contributed by atoms with E-state index in [1.54, 1.807) is 67.8 Å². The first kappa shape index (κ1) is 41.7. The first-order valence-electron chi connectivity index (χ1n) is 19.6. The molecule has 59 heavy (non-hydrogen) atoms. The number of hydrogen-bond acceptors (Lipinski definition) is 11. The van der Waals surface area contributed by atoms with Crippen LogP contribution in [-0.4, -0.2) is 81.5 Å². The molecular formula is C48H48O11. The molecule has 1 fully saturated rings. The van der Waals surface area contributed by atoms with Gasteiger partial charge in [0.15, 0.2) is 18.7 Å². The van der Waals surface area contributed by atoms with Gasteiger partial charge in [-0.1, -0.05) is 127 Å². The normalized spacial score (nSPS) is 23.9. The van der Waals surface area contributed by atoms with E-state index in [4.69, 9.17) is 42.6 Å². The van der Waals surface area contributed by atoms with Crippen LogP contribution in [0.1, 0.15) is 37.4 Å². The molecule has 306 valence electrons. The molecule has 0 N–H and O–H groups in total. The Morgan fingerprint density at radius 3 is 1.49 bits per heavy atom. The van der Waals surface area contributed by atoms with E-state index in [0.29, 0.717) is 17.7 Å². The van der Waals surface area contributed by atoms with E-state index in [1.807, 2.05) is 103 Å². The fourth-order valence-electron chi connectivity index (χ4n) is 6.80. The molecule has 0 saturated carbocycles. The summed E-state index contributed by atoms with van der Waals surface area (Å²) in [7, 11) is 1.56. The molecule has 8 atom stereocenters. The van der Waals surface area contributed by atoms with Gasteiger partial charge in [0.1, 0.15) is 37.1 Å². The second-order valence-corrected chi connectivity index (χ2v) is 14.0. The first-order chi connectivity index (χ1) is 29.0. The van der Waals surface area contributed by atoms with Crippen molar-refractivity contribution in [3.63, 3.8) is 0 Å². The van der Waals surface area contributed by atoms with Crippen molar-refractivity contribution >= 4 is 11.9 Å². The lowest BCUT2D eigenvalue weighted by molar-refractivity contribution is -0.327. The van der Waals surface area contributed by atoms with Crippen LogP contribution in [0, 0.1) is 0 Å². The van der Waals surface area contributed by atoms with Crippen LogP contribution in [0.15, 0.2) is 164 Å². The van der Waals surface area contributed by atoms with Crippen LogP contribution in [-0.2, 0) is 62.5 Å². The monoisotopic (exact) mass is 800 g/mol. The van der Waals surface area contributed by atoms with Gasteiger partial charge in [-0.05, 0) is 53.1 Å². The average Bonchev–Trinajstić information content (AvgIpc) is 3.30. The summed E-state index contributed by atoms with van der Waals surface area (Å²) >= 11 is 0. The van der Waals surface area contributed by atoms with Crippen molar-refractivity contribution in [1.29, 1.82) is 0 Å². The quantitative estimate of drug-likeness (QED) is 0.0648. The van der Waals surface area contributed by atoms with E-state index in [2.05, 4.69) is 0 Å². The summed E-state index contributed by atoms with van der Waals surface area (Å²) in [6, 6.07) is 46.8. The maximum Gasteiger partial charge on any atom is 0.338 e. The van der Waals surface area contributed by atoms with Crippen LogP contribution in [0.2, 0.25) is 0 Å². The Morgan fingerprint density at radius 1 is 0.492 bits per heavy atom. The van der Waals surface area contributed by atoms with Crippen LogP contribution < -0.4 is 0 Å². The fourth-order valence-corrected chi connectivity index (χ4v) is 6.80. The minimum atomic E-state index is -0.933. The molecule has 11 heteroatoms. The Bertz CT molecular complexity index is 2030. The fraction of sp³-hybridized carbons (Fsp3) is 0.292. The Kier molecular flexibility index (Phi) is 15.2.